The van der Waals surface area contributed by atoms with Crippen LogP contribution in [0.4, 0.5) is 11.4 Å². The highest BCUT2D eigenvalue weighted by Crippen LogP contribution is 2.33. The number of nitro benzene ring substituents is 1. The van der Waals surface area contributed by atoms with E-state index in [4.69, 9.17) is 0 Å². The van der Waals surface area contributed by atoms with Crippen molar-refractivity contribution in [2.45, 2.75) is 32.7 Å². The average Bonchev–Trinajstić information content (AvgIpc) is 2.52. The maximum atomic E-state index is 10.6. The molecule has 0 bridgehead atoms. The third-order valence-corrected chi connectivity index (χ3v) is 2.84. The fourth-order valence-corrected chi connectivity index (χ4v) is 2.17. The maximum absolute atomic E-state index is 10.6. The minimum absolute atomic E-state index is 0.0692. The summed E-state index contributed by atoms with van der Waals surface area (Å²) in [6.45, 7) is 6.20. The van der Waals surface area contributed by atoms with Crippen molar-refractivity contribution in [1.82, 2.24) is 0 Å². The van der Waals surface area contributed by atoms with Crippen molar-refractivity contribution in [2.24, 2.45) is 5.10 Å². The number of hydrogen-bond acceptors (Lipinski definition) is 4. The zero-order valence-corrected chi connectivity index (χ0v) is 10.2. The molecule has 0 N–H and O–H groups in total. The molecule has 0 amide bonds. The lowest BCUT2D eigenvalue weighted by molar-refractivity contribution is -0.384. The Morgan fingerprint density at radius 2 is 1.94 bits per heavy atom. The minimum atomic E-state index is -0.395. The molecule has 0 saturated carbocycles. The molecule has 1 aromatic carbocycles. The van der Waals surface area contributed by atoms with Gasteiger partial charge in [0.15, 0.2) is 0 Å². The van der Waals surface area contributed by atoms with Gasteiger partial charge < -0.3 is 0 Å². The third kappa shape index (κ3) is 2.13. The number of hydrogen-bond donors (Lipinski definition) is 0. The summed E-state index contributed by atoms with van der Waals surface area (Å²) in [4.78, 5) is 10.2. The van der Waals surface area contributed by atoms with E-state index >= 15 is 0 Å². The fraction of sp³-hybridized carbons (Fsp3) is 0.417. The van der Waals surface area contributed by atoms with Gasteiger partial charge in [-0.1, -0.05) is 0 Å². The molecular formula is C12H15N3O2. The van der Waals surface area contributed by atoms with E-state index in [1.165, 1.54) is 12.1 Å². The Balaban J connectivity index is 2.32. The van der Waals surface area contributed by atoms with Gasteiger partial charge in [0.25, 0.3) is 5.69 Å². The van der Waals surface area contributed by atoms with E-state index in [-0.39, 0.29) is 11.2 Å². The van der Waals surface area contributed by atoms with Crippen molar-refractivity contribution in [3.63, 3.8) is 0 Å². The second-order valence-corrected chi connectivity index (χ2v) is 4.91. The van der Waals surface area contributed by atoms with Gasteiger partial charge in [0.1, 0.15) is 0 Å². The van der Waals surface area contributed by atoms with Gasteiger partial charge in [0, 0.05) is 24.3 Å². The monoisotopic (exact) mass is 233 g/mol. The molecular weight excluding hydrogens is 218 g/mol. The second-order valence-electron chi connectivity index (χ2n) is 4.91. The lowest BCUT2D eigenvalue weighted by Gasteiger charge is -2.30. The molecule has 0 saturated heterocycles. The minimum Gasteiger partial charge on any atom is -0.260 e. The molecule has 1 heterocycles. The lowest BCUT2D eigenvalue weighted by atomic mass is 9.98. The topological polar surface area (TPSA) is 58.7 Å². The van der Waals surface area contributed by atoms with Crippen LogP contribution in [0.25, 0.3) is 0 Å². The Hall–Kier alpha value is -1.91. The Kier molecular flexibility index (Phi) is 2.61. The Morgan fingerprint density at radius 1 is 1.35 bits per heavy atom. The van der Waals surface area contributed by atoms with Gasteiger partial charge in [-0.25, -0.2) is 0 Å². The Morgan fingerprint density at radius 3 is 2.35 bits per heavy atom. The van der Waals surface area contributed by atoms with Crippen LogP contribution >= 0.6 is 0 Å². The SMILES string of the molecule is CC1=NN(c2ccc([N+](=O)[O-])cc2)C(C)(C)C1. The van der Waals surface area contributed by atoms with Crippen LogP contribution in [0, 0.1) is 10.1 Å². The average molecular weight is 233 g/mol. The van der Waals surface area contributed by atoms with Gasteiger partial charge in [-0.2, -0.15) is 5.10 Å². The summed E-state index contributed by atoms with van der Waals surface area (Å²) in [6, 6.07) is 6.49. The van der Waals surface area contributed by atoms with Gasteiger partial charge in [-0.05, 0) is 32.9 Å². The molecule has 0 spiro atoms. The number of nitro groups is 1. The first-order chi connectivity index (χ1) is 7.90. The van der Waals surface area contributed by atoms with Crippen LogP contribution in [-0.2, 0) is 0 Å². The van der Waals surface area contributed by atoms with E-state index in [0.717, 1.165) is 17.8 Å². The van der Waals surface area contributed by atoms with Gasteiger partial charge in [0.05, 0.1) is 16.1 Å². The van der Waals surface area contributed by atoms with E-state index in [0.29, 0.717) is 0 Å². The predicted molar refractivity (Wildman–Crippen MR) is 67.4 cm³/mol. The molecule has 1 aliphatic rings. The molecule has 0 fully saturated rings. The molecule has 5 nitrogen and oxygen atoms in total. The van der Waals surface area contributed by atoms with Crippen molar-refractivity contribution in [2.75, 3.05) is 5.01 Å². The number of benzene rings is 1. The molecule has 90 valence electrons. The highest BCUT2D eigenvalue weighted by molar-refractivity contribution is 5.87. The van der Waals surface area contributed by atoms with Crippen molar-refractivity contribution < 1.29 is 4.92 Å². The van der Waals surface area contributed by atoms with Crippen LogP contribution in [-0.4, -0.2) is 16.2 Å². The van der Waals surface area contributed by atoms with E-state index in [9.17, 15) is 10.1 Å². The summed E-state index contributed by atoms with van der Waals surface area (Å²) in [5.74, 6) is 0. The molecule has 1 aliphatic heterocycles. The van der Waals surface area contributed by atoms with Crippen LogP contribution in [0.2, 0.25) is 0 Å². The summed E-state index contributed by atoms with van der Waals surface area (Å²) in [5, 5.41) is 17.0. The first kappa shape index (κ1) is 11.6. The van der Waals surface area contributed by atoms with Gasteiger partial charge in [0.2, 0.25) is 0 Å². The standard InChI is InChI=1S/C12H15N3O2/c1-9-8-12(2,3)14(13-9)10-4-6-11(7-5-10)15(16)17/h4-7H,8H2,1-3H3. The summed E-state index contributed by atoms with van der Waals surface area (Å²) >= 11 is 0. The number of nitrogens with zero attached hydrogens (tertiary/aromatic N) is 3. The fourth-order valence-electron chi connectivity index (χ4n) is 2.17. The Bertz CT molecular complexity index is 477. The van der Waals surface area contributed by atoms with Gasteiger partial charge >= 0.3 is 0 Å². The first-order valence-corrected chi connectivity index (χ1v) is 5.49. The quantitative estimate of drug-likeness (QED) is 0.582. The highest BCUT2D eigenvalue weighted by Gasteiger charge is 2.33. The van der Waals surface area contributed by atoms with E-state index in [2.05, 4.69) is 18.9 Å². The molecule has 2 rings (SSSR count). The molecule has 0 aromatic heterocycles. The molecule has 0 aliphatic carbocycles. The summed E-state index contributed by atoms with van der Waals surface area (Å²) in [5.41, 5.74) is 2.00. The van der Waals surface area contributed by atoms with Crippen LogP contribution in [0.3, 0.4) is 0 Å². The zero-order valence-electron chi connectivity index (χ0n) is 10.2. The van der Waals surface area contributed by atoms with Crippen molar-refractivity contribution in [1.29, 1.82) is 0 Å². The molecule has 0 atom stereocenters. The number of hydrazone groups is 1. The molecule has 0 radical (unpaired) electrons. The smallest absolute Gasteiger partial charge is 0.260 e. The first-order valence-electron chi connectivity index (χ1n) is 5.49. The van der Waals surface area contributed by atoms with Gasteiger partial charge in [-0.3, -0.25) is 15.1 Å². The molecule has 5 heteroatoms. The maximum Gasteiger partial charge on any atom is 0.269 e. The predicted octanol–water partition coefficient (Wildman–Crippen LogP) is 2.96. The largest absolute Gasteiger partial charge is 0.269 e. The lowest BCUT2D eigenvalue weighted by Crippen LogP contribution is -2.36. The van der Waals surface area contributed by atoms with Crippen LogP contribution in [0.15, 0.2) is 29.4 Å². The van der Waals surface area contributed by atoms with E-state index < -0.39 is 4.92 Å². The second kappa shape index (κ2) is 3.84. The Labute approximate surface area is 99.9 Å². The highest BCUT2D eigenvalue weighted by atomic mass is 16.6. The molecule has 17 heavy (non-hydrogen) atoms. The third-order valence-electron chi connectivity index (χ3n) is 2.84. The van der Waals surface area contributed by atoms with Crippen molar-refractivity contribution in [3.8, 4) is 0 Å². The number of non-ortho nitro benzene ring substituents is 1. The normalized spacial score (nSPS) is 18.1. The van der Waals surface area contributed by atoms with Crippen LogP contribution in [0.5, 0.6) is 0 Å². The van der Waals surface area contributed by atoms with Crippen LogP contribution < -0.4 is 5.01 Å². The summed E-state index contributed by atoms with van der Waals surface area (Å²) < 4.78 is 0. The van der Waals surface area contributed by atoms with Crippen LogP contribution in [0.1, 0.15) is 27.2 Å². The van der Waals surface area contributed by atoms with E-state index in [1.54, 1.807) is 12.1 Å². The van der Waals surface area contributed by atoms with E-state index in [1.807, 2.05) is 11.9 Å². The summed E-state index contributed by atoms with van der Waals surface area (Å²) in [6.07, 6.45) is 0.907. The van der Waals surface area contributed by atoms with Gasteiger partial charge in [-0.15, -0.1) is 0 Å². The molecule has 0 unspecified atom stereocenters. The van der Waals surface area contributed by atoms with Crippen molar-refractivity contribution in [3.05, 3.63) is 34.4 Å². The summed E-state index contributed by atoms with van der Waals surface area (Å²) in [7, 11) is 0. The van der Waals surface area contributed by atoms with Crippen molar-refractivity contribution >= 4 is 17.1 Å². The number of rotatable bonds is 2. The zero-order chi connectivity index (χ0) is 12.6. The molecule has 1 aromatic rings. The number of anilines is 1.